The standard InChI is InChI=1S/C35H27FN2O6/c36-26-15-19(11-14-27(26)39)30-21-12-13-22-29(33(43)38(32(22)42)34(37)44)24(21)16-25-31(41)23(18-7-3-1-4-8-18)17-28(40)35(25,30)20-9-5-2-6-10-20/h1-12,14-15,17,22,24-25,29-30,39H,13,16H2,(H2,37,44)/t22-,24+,25-,29-,30-,35-/m0/s1. The highest BCUT2D eigenvalue weighted by Gasteiger charge is 2.66. The van der Waals surface area contributed by atoms with E-state index in [4.69, 9.17) is 5.73 Å². The maximum Gasteiger partial charge on any atom is 0.328 e. The summed E-state index contributed by atoms with van der Waals surface area (Å²) in [6, 6.07) is 20.4. The molecule has 220 valence electrons. The lowest BCUT2D eigenvalue weighted by atomic mass is 9.44. The van der Waals surface area contributed by atoms with Gasteiger partial charge in [0.05, 0.1) is 17.3 Å². The van der Waals surface area contributed by atoms with Crippen LogP contribution in [0, 0.1) is 29.5 Å². The molecule has 4 amide bonds. The number of benzene rings is 3. The van der Waals surface area contributed by atoms with Gasteiger partial charge in [0.1, 0.15) is 0 Å². The van der Waals surface area contributed by atoms with E-state index in [1.165, 1.54) is 18.2 Å². The number of Topliss-reactive ketones (excluding diaryl/α,β-unsaturated/α-hetero) is 1. The number of ketones is 2. The Labute approximate surface area is 251 Å². The van der Waals surface area contributed by atoms with Crippen LogP contribution in [0.25, 0.3) is 5.57 Å². The summed E-state index contributed by atoms with van der Waals surface area (Å²) in [5, 5.41) is 10.1. The molecule has 7 rings (SSSR count). The number of nitrogens with zero attached hydrogens (tertiary/aromatic N) is 1. The van der Waals surface area contributed by atoms with E-state index in [1.807, 2.05) is 0 Å². The minimum atomic E-state index is -1.52. The molecule has 1 heterocycles. The Hall–Kier alpha value is -5.18. The molecule has 0 unspecified atom stereocenters. The van der Waals surface area contributed by atoms with Gasteiger partial charge < -0.3 is 10.8 Å². The van der Waals surface area contributed by atoms with E-state index in [0.717, 1.165) is 6.07 Å². The van der Waals surface area contributed by atoms with Crippen molar-refractivity contribution in [3.8, 4) is 5.75 Å². The monoisotopic (exact) mass is 590 g/mol. The zero-order chi connectivity index (χ0) is 30.9. The maximum atomic E-state index is 15.0. The third kappa shape index (κ3) is 3.71. The van der Waals surface area contributed by atoms with Crippen LogP contribution in [0.1, 0.15) is 35.4 Å². The number of urea groups is 1. The maximum absolute atomic E-state index is 15.0. The summed E-state index contributed by atoms with van der Waals surface area (Å²) >= 11 is 0. The van der Waals surface area contributed by atoms with Crippen molar-refractivity contribution in [2.45, 2.75) is 24.2 Å². The molecule has 1 saturated heterocycles. The first kappa shape index (κ1) is 27.6. The number of carbonyl (C=O) groups excluding carboxylic acids is 5. The van der Waals surface area contributed by atoms with Gasteiger partial charge >= 0.3 is 6.03 Å². The van der Waals surface area contributed by atoms with E-state index in [1.54, 1.807) is 66.7 Å². The number of phenolic OH excluding ortho intramolecular Hbond substituents is 1. The molecule has 2 fully saturated rings. The molecule has 1 aliphatic heterocycles. The number of allylic oxidation sites excluding steroid dienone is 4. The summed E-state index contributed by atoms with van der Waals surface area (Å²) < 4.78 is 15.0. The normalized spacial score (nSPS) is 29.4. The summed E-state index contributed by atoms with van der Waals surface area (Å²) in [6.45, 7) is 0. The summed E-state index contributed by atoms with van der Waals surface area (Å²) in [5.74, 6) is -8.06. The van der Waals surface area contributed by atoms with Crippen molar-refractivity contribution in [3.63, 3.8) is 0 Å². The summed E-state index contributed by atoms with van der Waals surface area (Å²) in [7, 11) is 0. The molecule has 6 atom stereocenters. The SMILES string of the molecule is NC(=O)N1C(=O)[C@H]2[C@H](CC=C3[C@H]2C[C@H]2C(=O)C(c4ccccc4)=CC(=O)[C@@]2(c2ccccc2)[C@H]3c2ccc(O)c(F)c2)C1=O. The second-order valence-electron chi connectivity index (χ2n) is 11.8. The van der Waals surface area contributed by atoms with Crippen LogP contribution >= 0.6 is 0 Å². The van der Waals surface area contributed by atoms with Crippen LogP contribution in [0.2, 0.25) is 0 Å². The van der Waals surface area contributed by atoms with Crippen molar-refractivity contribution in [1.29, 1.82) is 0 Å². The van der Waals surface area contributed by atoms with E-state index >= 15 is 4.39 Å². The van der Waals surface area contributed by atoms with Crippen LogP contribution in [0.15, 0.2) is 96.6 Å². The van der Waals surface area contributed by atoms with E-state index in [9.17, 15) is 29.1 Å². The van der Waals surface area contributed by atoms with Crippen LogP contribution in [0.4, 0.5) is 9.18 Å². The topological polar surface area (TPSA) is 135 Å². The van der Waals surface area contributed by atoms with Gasteiger partial charge in [0.15, 0.2) is 23.1 Å². The number of primary amides is 1. The first-order valence-electron chi connectivity index (χ1n) is 14.4. The quantitative estimate of drug-likeness (QED) is 0.342. The fraction of sp³-hybridized carbons (Fsp3) is 0.229. The average Bonchev–Trinajstić information content (AvgIpc) is 3.29. The molecule has 44 heavy (non-hydrogen) atoms. The van der Waals surface area contributed by atoms with Crippen LogP contribution in [0.5, 0.6) is 5.75 Å². The molecule has 4 aliphatic rings. The number of carbonyl (C=O) groups is 5. The van der Waals surface area contributed by atoms with E-state index in [0.29, 0.717) is 27.2 Å². The molecule has 1 saturated carbocycles. The zero-order valence-electron chi connectivity index (χ0n) is 23.4. The smallest absolute Gasteiger partial charge is 0.328 e. The first-order valence-corrected chi connectivity index (χ1v) is 14.4. The Bertz CT molecular complexity index is 1830. The number of hydrogen-bond donors (Lipinski definition) is 2. The molecule has 9 heteroatoms. The lowest BCUT2D eigenvalue weighted by molar-refractivity contribution is -0.137. The average molecular weight is 591 g/mol. The Morgan fingerprint density at radius 2 is 1.59 bits per heavy atom. The minimum absolute atomic E-state index is 0.0410. The number of likely N-dealkylation sites (tertiary alicyclic amines) is 1. The van der Waals surface area contributed by atoms with Gasteiger partial charge in [-0.2, -0.15) is 4.90 Å². The zero-order valence-corrected chi connectivity index (χ0v) is 23.4. The van der Waals surface area contributed by atoms with E-state index in [2.05, 4.69) is 0 Å². The Morgan fingerprint density at radius 1 is 0.909 bits per heavy atom. The van der Waals surface area contributed by atoms with Crippen molar-refractivity contribution in [3.05, 3.63) is 119 Å². The minimum Gasteiger partial charge on any atom is -0.505 e. The molecule has 3 aromatic carbocycles. The van der Waals surface area contributed by atoms with E-state index in [-0.39, 0.29) is 30.0 Å². The predicted octanol–water partition coefficient (Wildman–Crippen LogP) is 4.43. The molecule has 3 aliphatic carbocycles. The first-order chi connectivity index (χ1) is 21.2. The molecule has 3 aromatic rings. The molecular weight excluding hydrogens is 563 g/mol. The number of amides is 4. The number of nitrogens with two attached hydrogens (primary N) is 1. The second-order valence-corrected chi connectivity index (χ2v) is 11.8. The van der Waals surface area contributed by atoms with Gasteiger partial charge in [-0.1, -0.05) is 78.4 Å². The number of halogens is 1. The Balaban J connectivity index is 1.52. The van der Waals surface area contributed by atoms with Crippen molar-refractivity contribution in [2.24, 2.45) is 29.4 Å². The third-order valence-electron chi connectivity index (χ3n) is 9.90. The van der Waals surface area contributed by atoms with Crippen LogP contribution in [0.3, 0.4) is 0 Å². The number of hydrogen-bond acceptors (Lipinski definition) is 6. The fourth-order valence-electron chi connectivity index (χ4n) is 8.17. The molecular formula is C35H27FN2O6. The summed E-state index contributed by atoms with van der Waals surface area (Å²) in [6.07, 6.45) is 3.31. The van der Waals surface area contributed by atoms with Gasteiger partial charge in [-0.05, 0) is 53.7 Å². The highest BCUT2D eigenvalue weighted by molar-refractivity contribution is 6.31. The van der Waals surface area contributed by atoms with Crippen LogP contribution in [-0.2, 0) is 24.6 Å². The summed E-state index contributed by atoms with van der Waals surface area (Å²) in [4.78, 5) is 68.9. The number of rotatable bonds is 3. The number of fused-ring (bicyclic) bond motifs is 4. The molecule has 0 aromatic heterocycles. The van der Waals surface area contributed by atoms with Crippen molar-refractivity contribution in [2.75, 3.05) is 0 Å². The lowest BCUT2D eigenvalue weighted by Crippen LogP contribution is -2.58. The third-order valence-corrected chi connectivity index (χ3v) is 9.90. The molecule has 0 spiro atoms. The van der Waals surface area contributed by atoms with Crippen molar-refractivity contribution < 1.29 is 33.5 Å². The predicted molar refractivity (Wildman–Crippen MR) is 156 cm³/mol. The van der Waals surface area contributed by atoms with Gasteiger partial charge in [0, 0.05) is 17.4 Å². The summed E-state index contributed by atoms with van der Waals surface area (Å²) in [5.41, 5.74) is 6.21. The number of phenols is 1. The molecule has 3 N–H and O–H groups in total. The van der Waals surface area contributed by atoms with Gasteiger partial charge in [-0.15, -0.1) is 0 Å². The Morgan fingerprint density at radius 3 is 2.25 bits per heavy atom. The van der Waals surface area contributed by atoms with Crippen molar-refractivity contribution in [1.82, 2.24) is 4.90 Å². The highest BCUT2D eigenvalue weighted by atomic mass is 19.1. The number of imide groups is 3. The highest BCUT2D eigenvalue weighted by Crippen LogP contribution is 2.63. The largest absolute Gasteiger partial charge is 0.505 e. The number of aromatic hydroxyl groups is 1. The fourth-order valence-corrected chi connectivity index (χ4v) is 8.17. The van der Waals surface area contributed by atoms with E-state index < -0.39 is 64.4 Å². The van der Waals surface area contributed by atoms with Crippen molar-refractivity contribution >= 4 is 35.0 Å². The second kappa shape index (κ2) is 9.94. The van der Waals surface area contributed by atoms with Crippen LogP contribution < -0.4 is 5.73 Å². The molecule has 0 bridgehead atoms. The van der Waals surface area contributed by atoms with Crippen LogP contribution in [-0.4, -0.2) is 39.4 Å². The Kier molecular flexibility index (Phi) is 6.24. The molecule has 8 nitrogen and oxygen atoms in total. The molecule has 0 radical (unpaired) electrons. The van der Waals surface area contributed by atoms with Gasteiger partial charge in [-0.3, -0.25) is 19.2 Å². The lowest BCUT2D eigenvalue weighted by Gasteiger charge is -2.55. The van der Waals surface area contributed by atoms with Gasteiger partial charge in [-0.25, -0.2) is 9.18 Å². The van der Waals surface area contributed by atoms with Gasteiger partial charge in [0.25, 0.3) is 0 Å². The van der Waals surface area contributed by atoms with Gasteiger partial charge in [0.2, 0.25) is 11.8 Å².